The minimum absolute atomic E-state index is 0.0887. The van der Waals surface area contributed by atoms with Crippen LogP contribution in [0.4, 0.5) is 11.5 Å². The minimum atomic E-state index is 0.0887. The number of nitrogens with one attached hydrogen (secondary N) is 1. The number of ether oxygens (including phenoxy) is 1. The van der Waals surface area contributed by atoms with Crippen LogP contribution in [0.2, 0.25) is 0 Å². The smallest absolute Gasteiger partial charge is 0.214 e. The van der Waals surface area contributed by atoms with E-state index in [0.717, 1.165) is 17.1 Å². The molecule has 0 fully saturated rings. The molecule has 94 valence electrons. The number of hydrogen-bond acceptors (Lipinski definition) is 4. The Hall–Kier alpha value is -2.23. The van der Waals surface area contributed by atoms with Crippen LogP contribution < -0.4 is 15.8 Å². The van der Waals surface area contributed by atoms with Crippen molar-refractivity contribution in [1.82, 2.24) is 4.98 Å². The van der Waals surface area contributed by atoms with Gasteiger partial charge < -0.3 is 15.8 Å². The summed E-state index contributed by atoms with van der Waals surface area (Å²) >= 11 is 0. The lowest BCUT2D eigenvalue weighted by Crippen LogP contribution is -2.10. The number of nitrogens with two attached hydrogens (primary N) is 1. The van der Waals surface area contributed by atoms with E-state index >= 15 is 0 Å². The highest BCUT2D eigenvalue weighted by molar-refractivity contribution is 5.51. The van der Waals surface area contributed by atoms with E-state index in [4.69, 9.17) is 10.5 Å². The zero-order valence-electron chi connectivity index (χ0n) is 10.6. The summed E-state index contributed by atoms with van der Waals surface area (Å²) in [6, 6.07) is 13.5. The van der Waals surface area contributed by atoms with E-state index in [1.54, 1.807) is 7.11 Å². The summed E-state index contributed by atoms with van der Waals surface area (Å²) in [7, 11) is 1.60. The Labute approximate surface area is 107 Å². The first kappa shape index (κ1) is 12.2. The van der Waals surface area contributed by atoms with Crippen LogP contribution in [0.3, 0.4) is 0 Å². The van der Waals surface area contributed by atoms with Crippen LogP contribution in [-0.4, -0.2) is 12.1 Å². The second kappa shape index (κ2) is 5.40. The van der Waals surface area contributed by atoms with E-state index in [1.807, 2.05) is 49.4 Å². The average molecular weight is 243 g/mol. The fourth-order valence-electron chi connectivity index (χ4n) is 1.81. The fourth-order valence-corrected chi connectivity index (χ4v) is 1.81. The van der Waals surface area contributed by atoms with Crippen molar-refractivity contribution in [2.24, 2.45) is 0 Å². The van der Waals surface area contributed by atoms with E-state index in [1.165, 1.54) is 0 Å². The largest absolute Gasteiger partial charge is 0.481 e. The van der Waals surface area contributed by atoms with Crippen LogP contribution >= 0.6 is 0 Å². The summed E-state index contributed by atoms with van der Waals surface area (Å²) in [5.74, 6) is 1.36. The van der Waals surface area contributed by atoms with Gasteiger partial charge in [0, 0.05) is 11.8 Å². The topological polar surface area (TPSA) is 60.2 Å². The molecule has 0 saturated heterocycles. The van der Waals surface area contributed by atoms with Gasteiger partial charge >= 0.3 is 0 Å². The molecule has 0 saturated carbocycles. The molecule has 0 radical (unpaired) electrons. The number of nitrogen functional groups attached to an aromatic ring is 1. The van der Waals surface area contributed by atoms with Gasteiger partial charge in [-0.05, 0) is 24.6 Å². The SMILES string of the molecule is COc1cccc(NC(C)c2ccccc2N)n1. The molecular weight excluding hydrogens is 226 g/mol. The number of benzene rings is 1. The molecule has 0 amide bonds. The number of anilines is 2. The van der Waals surface area contributed by atoms with Crippen LogP contribution in [0.15, 0.2) is 42.5 Å². The molecular formula is C14H17N3O. The summed E-state index contributed by atoms with van der Waals surface area (Å²) in [5.41, 5.74) is 7.78. The van der Waals surface area contributed by atoms with Crippen LogP contribution in [-0.2, 0) is 0 Å². The van der Waals surface area contributed by atoms with Gasteiger partial charge in [0.25, 0.3) is 0 Å². The highest BCUT2D eigenvalue weighted by Gasteiger charge is 2.09. The molecule has 2 aromatic rings. The lowest BCUT2D eigenvalue weighted by Gasteiger charge is -2.17. The van der Waals surface area contributed by atoms with Crippen molar-refractivity contribution < 1.29 is 4.74 Å². The van der Waals surface area contributed by atoms with Gasteiger partial charge in [0.05, 0.1) is 13.2 Å². The van der Waals surface area contributed by atoms with Gasteiger partial charge in [0.1, 0.15) is 5.82 Å². The molecule has 2 rings (SSSR count). The average Bonchev–Trinajstić information content (AvgIpc) is 2.39. The van der Waals surface area contributed by atoms with Gasteiger partial charge in [0.2, 0.25) is 5.88 Å². The summed E-state index contributed by atoms with van der Waals surface area (Å²) in [5, 5.41) is 3.30. The highest BCUT2D eigenvalue weighted by atomic mass is 16.5. The Bertz CT molecular complexity index is 528. The Kier molecular flexibility index (Phi) is 3.67. The first-order chi connectivity index (χ1) is 8.70. The van der Waals surface area contributed by atoms with Crippen molar-refractivity contribution in [2.75, 3.05) is 18.2 Å². The molecule has 1 aromatic heterocycles. The standard InChI is InChI=1S/C14H17N3O/c1-10(11-6-3-4-7-12(11)15)16-13-8-5-9-14(17-13)18-2/h3-10H,15H2,1-2H3,(H,16,17). The second-order valence-corrected chi connectivity index (χ2v) is 4.06. The lowest BCUT2D eigenvalue weighted by molar-refractivity contribution is 0.398. The number of methoxy groups -OCH3 is 1. The van der Waals surface area contributed by atoms with Gasteiger partial charge in [0.15, 0.2) is 0 Å². The normalized spacial score (nSPS) is 11.9. The molecule has 3 N–H and O–H groups in total. The van der Waals surface area contributed by atoms with E-state index in [2.05, 4.69) is 10.3 Å². The van der Waals surface area contributed by atoms with Crippen molar-refractivity contribution in [2.45, 2.75) is 13.0 Å². The Morgan fingerprint density at radius 3 is 2.67 bits per heavy atom. The summed E-state index contributed by atoms with van der Waals surface area (Å²) < 4.78 is 5.09. The maximum absolute atomic E-state index is 5.95. The van der Waals surface area contributed by atoms with Crippen LogP contribution in [0.25, 0.3) is 0 Å². The zero-order valence-corrected chi connectivity index (χ0v) is 10.6. The number of hydrogen-bond donors (Lipinski definition) is 2. The number of aromatic nitrogens is 1. The maximum atomic E-state index is 5.95. The molecule has 4 heteroatoms. The maximum Gasteiger partial charge on any atom is 0.214 e. The highest BCUT2D eigenvalue weighted by Crippen LogP contribution is 2.23. The predicted octanol–water partition coefficient (Wildman–Crippen LogP) is 2.85. The van der Waals surface area contributed by atoms with Crippen LogP contribution in [0.5, 0.6) is 5.88 Å². The second-order valence-electron chi connectivity index (χ2n) is 4.06. The quantitative estimate of drug-likeness (QED) is 0.811. The van der Waals surface area contributed by atoms with Crippen molar-refractivity contribution >= 4 is 11.5 Å². The molecule has 0 spiro atoms. The Morgan fingerprint density at radius 2 is 1.94 bits per heavy atom. The minimum Gasteiger partial charge on any atom is -0.481 e. The van der Waals surface area contributed by atoms with Crippen molar-refractivity contribution in [3.05, 3.63) is 48.0 Å². The third-order valence-corrected chi connectivity index (χ3v) is 2.76. The number of nitrogens with zero attached hydrogens (tertiary/aromatic N) is 1. The van der Waals surface area contributed by atoms with Crippen molar-refractivity contribution in [3.63, 3.8) is 0 Å². The third-order valence-electron chi connectivity index (χ3n) is 2.76. The van der Waals surface area contributed by atoms with Crippen molar-refractivity contribution in [3.8, 4) is 5.88 Å². The predicted molar refractivity (Wildman–Crippen MR) is 73.7 cm³/mol. The lowest BCUT2D eigenvalue weighted by atomic mass is 10.1. The van der Waals surface area contributed by atoms with Crippen LogP contribution in [0.1, 0.15) is 18.5 Å². The molecule has 0 aliphatic carbocycles. The molecule has 1 atom stereocenters. The Morgan fingerprint density at radius 1 is 1.17 bits per heavy atom. The molecule has 0 aliphatic rings. The summed E-state index contributed by atoms with van der Waals surface area (Å²) in [6.07, 6.45) is 0. The monoisotopic (exact) mass is 243 g/mol. The molecule has 18 heavy (non-hydrogen) atoms. The first-order valence-corrected chi connectivity index (χ1v) is 5.82. The van der Waals surface area contributed by atoms with E-state index in [0.29, 0.717) is 5.88 Å². The molecule has 0 aliphatic heterocycles. The number of para-hydroxylation sites is 1. The fraction of sp³-hybridized carbons (Fsp3) is 0.214. The van der Waals surface area contributed by atoms with Crippen LogP contribution in [0, 0.1) is 0 Å². The zero-order chi connectivity index (χ0) is 13.0. The van der Waals surface area contributed by atoms with Crippen molar-refractivity contribution in [1.29, 1.82) is 0 Å². The van der Waals surface area contributed by atoms with Gasteiger partial charge in [-0.2, -0.15) is 4.98 Å². The molecule has 1 unspecified atom stereocenters. The molecule has 1 aromatic carbocycles. The van der Waals surface area contributed by atoms with Gasteiger partial charge in [-0.1, -0.05) is 24.3 Å². The Balaban J connectivity index is 2.16. The first-order valence-electron chi connectivity index (χ1n) is 5.82. The third kappa shape index (κ3) is 2.71. The summed E-state index contributed by atoms with van der Waals surface area (Å²) in [4.78, 5) is 4.31. The van der Waals surface area contributed by atoms with Gasteiger partial charge in [-0.3, -0.25) is 0 Å². The van der Waals surface area contributed by atoms with Gasteiger partial charge in [-0.25, -0.2) is 0 Å². The van der Waals surface area contributed by atoms with E-state index in [9.17, 15) is 0 Å². The summed E-state index contributed by atoms with van der Waals surface area (Å²) in [6.45, 7) is 2.05. The number of pyridine rings is 1. The van der Waals surface area contributed by atoms with E-state index < -0.39 is 0 Å². The number of rotatable bonds is 4. The molecule has 0 bridgehead atoms. The van der Waals surface area contributed by atoms with E-state index in [-0.39, 0.29) is 6.04 Å². The van der Waals surface area contributed by atoms with Gasteiger partial charge in [-0.15, -0.1) is 0 Å². The molecule has 1 heterocycles. The molecule has 4 nitrogen and oxygen atoms in total.